The van der Waals surface area contributed by atoms with Crippen molar-refractivity contribution in [3.8, 4) is 10.6 Å². The van der Waals surface area contributed by atoms with Gasteiger partial charge < -0.3 is 5.73 Å². The van der Waals surface area contributed by atoms with E-state index in [9.17, 15) is 13.2 Å². The number of hydrogen-bond acceptors (Lipinski definition) is 5. The molecule has 1 aliphatic carbocycles. The fourth-order valence-electron chi connectivity index (χ4n) is 1.83. The SMILES string of the molecule is Cc1c(N)nc(C2CC2)nc1-c1cnc(C(F)(F)F)s1. The minimum absolute atomic E-state index is 0.284. The van der Waals surface area contributed by atoms with Crippen molar-refractivity contribution in [3.05, 3.63) is 22.6 Å². The number of nitrogen functional groups attached to an aromatic ring is 1. The van der Waals surface area contributed by atoms with Crippen molar-refractivity contribution >= 4 is 17.2 Å². The molecule has 20 heavy (non-hydrogen) atoms. The average molecular weight is 300 g/mol. The zero-order chi connectivity index (χ0) is 14.5. The number of nitrogens with two attached hydrogens (primary N) is 1. The summed E-state index contributed by atoms with van der Waals surface area (Å²) in [6.07, 6.45) is -1.25. The van der Waals surface area contributed by atoms with Crippen molar-refractivity contribution in [2.24, 2.45) is 0 Å². The number of aromatic nitrogens is 3. The minimum Gasteiger partial charge on any atom is -0.383 e. The van der Waals surface area contributed by atoms with Crippen LogP contribution in [0.2, 0.25) is 0 Å². The average Bonchev–Trinajstić information content (AvgIpc) is 3.08. The van der Waals surface area contributed by atoms with Gasteiger partial charge in [-0.3, -0.25) is 0 Å². The minimum atomic E-state index is -4.44. The van der Waals surface area contributed by atoms with E-state index in [0.29, 0.717) is 39.1 Å². The Bertz CT molecular complexity index is 661. The van der Waals surface area contributed by atoms with Crippen molar-refractivity contribution in [1.29, 1.82) is 0 Å². The van der Waals surface area contributed by atoms with E-state index in [1.54, 1.807) is 6.92 Å². The second-order valence-electron chi connectivity index (χ2n) is 4.74. The van der Waals surface area contributed by atoms with Crippen LogP contribution in [-0.2, 0) is 6.18 Å². The van der Waals surface area contributed by atoms with Gasteiger partial charge in [0.1, 0.15) is 11.6 Å². The monoisotopic (exact) mass is 300 g/mol. The Morgan fingerprint density at radius 3 is 2.55 bits per heavy atom. The molecule has 1 fully saturated rings. The lowest BCUT2D eigenvalue weighted by Gasteiger charge is -2.07. The first-order valence-electron chi connectivity index (χ1n) is 6.03. The third-order valence-corrected chi connectivity index (χ3v) is 4.17. The highest BCUT2D eigenvalue weighted by molar-refractivity contribution is 7.15. The normalized spacial score (nSPS) is 15.6. The number of anilines is 1. The van der Waals surface area contributed by atoms with Gasteiger partial charge in [0, 0.05) is 17.7 Å². The Labute approximate surface area is 116 Å². The van der Waals surface area contributed by atoms with Crippen molar-refractivity contribution < 1.29 is 13.2 Å². The van der Waals surface area contributed by atoms with Gasteiger partial charge in [-0.15, -0.1) is 11.3 Å². The van der Waals surface area contributed by atoms with Gasteiger partial charge in [-0.05, 0) is 19.8 Å². The standard InChI is InChI=1S/C12H11F3N4S/c1-5-8(7-4-17-11(20-7)12(13,14)15)18-10(6-2-3-6)19-9(5)16/h4,6H,2-3H2,1H3,(H2,16,18,19). The number of halogens is 3. The van der Waals surface area contributed by atoms with E-state index >= 15 is 0 Å². The Balaban J connectivity index is 2.07. The predicted molar refractivity (Wildman–Crippen MR) is 69.3 cm³/mol. The molecule has 2 aromatic rings. The fourth-order valence-corrected chi connectivity index (χ4v) is 2.66. The molecule has 1 aliphatic rings. The van der Waals surface area contributed by atoms with Crippen LogP contribution in [0.5, 0.6) is 0 Å². The summed E-state index contributed by atoms with van der Waals surface area (Å²) in [6, 6.07) is 0. The predicted octanol–water partition coefficient (Wildman–Crippen LogP) is 3.39. The maximum absolute atomic E-state index is 12.6. The molecule has 0 spiro atoms. The second kappa shape index (κ2) is 4.41. The molecule has 0 unspecified atom stereocenters. The second-order valence-corrected chi connectivity index (χ2v) is 5.77. The molecular weight excluding hydrogens is 289 g/mol. The van der Waals surface area contributed by atoms with Crippen LogP contribution in [0.3, 0.4) is 0 Å². The van der Waals surface area contributed by atoms with E-state index in [1.165, 1.54) is 6.20 Å². The lowest BCUT2D eigenvalue weighted by molar-refractivity contribution is -0.137. The topological polar surface area (TPSA) is 64.7 Å². The molecule has 106 valence electrons. The highest BCUT2D eigenvalue weighted by Gasteiger charge is 2.35. The van der Waals surface area contributed by atoms with Crippen LogP contribution in [0, 0.1) is 6.92 Å². The molecule has 0 aliphatic heterocycles. The van der Waals surface area contributed by atoms with Gasteiger partial charge in [0.05, 0.1) is 10.6 Å². The summed E-state index contributed by atoms with van der Waals surface area (Å²) in [6.45, 7) is 1.70. The van der Waals surface area contributed by atoms with Crippen LogP contribution >= 0.6 is 11.3 Å². The van der Waals surface area contributed by atoms with Crippen molar-refractivity contribution in [2.75, 3.05) is 5.73 Å². The first-order chi connectivity index (χ1) is 9.36. The quantitative estimate of drug-likeness (QED) is 0.923. The Morgan fingerprint density at radius 2 is 2.00 bits per heavy atom. The summed E-state index contributed by atoms with van der Waals surface area (Å²) in [7, 11) is 0. The molecule has 0 aromatic carbocycles. The lowest BCUT2D eigenvalue weighted by Crippen LogP contribution is -2.03. The summed E-state index contributed by atoms with van der Waals surface area (Å²) in [5.41, 5.74) is 6.87. The van der Waals surface area contributed by atoms with Crippen molar-refractivity contribution in [1.82, 2.24) is 15.0 Å². The maximum Gasteiger partial charge on any atom is 0.443 e. The first-order valence-corrected chi connectivity index (χ1v) is 6.85. The third-order valence-electron chi connectivity index (χ3n) is 3.12. The third kappa shape index (κ3) is 2.35. The fraction of sp³-hybridized carbons (Fsp3) is 0.417. The molecule has 0 amide bonds. The number of hydrogen-bond donors (Lipinski definition) is 1. The molecule has 4 nitrogen and oxygen atoms in total. The number of alkyl halides is 3. The maximum atomic E-state index is 12.6. The van der Waals surface area contributed by atoms with Crippen LogP contribution in [0.4, 0.5) is 19.0 Å². The summed E-state index contributed by atoms with van der Waals surface area (Å²) in [5.74, 6) is 1.22. The van der Waals surface area contributed by atoms with Gasteiger partial charge in [-0.2, -0.15) is 13.2 Å². The number of thiazole rings is 1. The molecule has 0 bridgehead atoms. The molecule has 0 radical (unpaired) electrons. The molecule has 2 aromatic heterocycles. The Kier molecular flexibility index (Phi) is 2.93. The van der Waals surface area contributed by atoms with Gasteiger partial charge in [0.15, 0.2) is 5.01 Å². The number of nitrogens with zero attached hydrogens (tertiary/aromatic N) is 3. The smallest absolute Gasteiger partial charge is 0.383 e. The zero-order valence-corrected chi connectivity index (χ0v) is 11.3. The highest BCUT2D eigenvalue weighted by atomic mass is 32.1. The van der Waals surface area contributed by atoms with Crippen LogP contribution < -0.4 is 5.73 Å². The molecule has 2 heterocycles. The summed E-state index contributed by atoms with van der Waals surface area (Å²) >= 11 is 0.575. The number of rotatable bonds is 2. The van der Waals surface area contributed by atoms with Crippen LogP contribution in [0.25, 0.3) is 10.6 Å². The van der Waals surface area contributed by atoms with E-state index in [-0.39, 0.29) is 5.92 Å². The molecule has 3 rings (SSSR count). The van der Waals surface area contributed by atoms with E-state index in [0.717, 1.165) is 12.8 Å². The molecule has 8 heteroatoms. The highest BCUT2D eigenvalue weighted by Crippen LogP contribution is 2.41. The van der Waals surface area contributed by atoms with E-state index in [1.807, 2.05) is 0 Å². The summed E-state index contributed by atoms with van der Waals surface area (Å²) in [4.78, 5) is 12.4. The van der Waals surface area contributed by atoms with Gasteiger partial charge in [-0.1, -0.05) is 0 Å². The molecule has 2 N–H and O–H groups in total. The molecule has 0 atom stereocenters. The van der Waals surface area contributed by atoms with Crippen LogP contribution in [0.15, 0.2) is 6.20 Å². The molecule has 0 saturated heterocycles. The Hall–Kier alpha value is -1.70. The van der Waals surface area contributed by atoms with E-state index in [2.05, 4.69) is 15.0 Å². The van der Waals surface area contributed by atoms with E-state index < -0.39 is 11.2 Å². The molecule has 1 saturated carbocycles. The molecular formula is C12H11F3N4S. The van der Waals surface area contributed by atoms with Crippen LogP contribution in [-0.4, -0.2) is 15.0 Å². The lowest BCUT2D eigenvalue weighted by atomic mass is 10.2. The van der Waals surface area contributed by atoms with Gasteiger partial charge in [-0.25, -0.2) is 15.0 Å². The van der Waals surface area contributed by atoms with Gasteiger partial charge >= 0.3 is 6.18 Å². The van der Waals surface area contributed by atoms with Gasteiger partial charge in [0.2, 0.25) is 0 Å². The largest absolute Gasteiger partial charge is 0.443 e. The van der Waals surface area contributed by atoms with Crippen LogP contribution in [0.1, 0.15) is 35.2 Å². The Morgan fingerprint density at radius 1 is 1.30 bits per heavy atom. The van der Waals surface area contributed by atoms with Crippen molar-refractivity contribution in [3.63, 3.8) is 0 Å². The van der Waals surface area contributed by atoms with Crippen molar-refractivity contribution in [2.45, 2.75) is 31.9 Å². The van der Waals surface area contributed by atoms with E-state index in [4.69, 9.17) is 5.73 Å². The first kappa shape index (κ1) is 13.3. The summed E-state index contributed by atoms with van der Waals surface area (Å²) < 4.78 is 37.8. The summed E-state index contributed by atoms with van der Waals surface area (Å²) in [5, 5.41) is -0.878. The zero-order valence-electron chi connectivity index (χ0n) is 10.5. The van der Waals surface area contributed by atoms with Gasteiger partial charge in [0.25, 0.3) is 0 Å².